The third kappa shape index (κ3) is 3.79. The molecule has 3 aromatic rings. The number of likely N-dealkylation sites (N-methyl/N-ethyl adjacent to an activating group) is 1. The van der Waals surface area contributed by atoms with Crippen LogP contribution in [0.1, 0.15) is 5.69 Å². The van der Waals surface area contributed by atoms with Gasteiger partial charge in [0.15, 0.2) is 5.65 Å². The first kappa shape index (κ1) is 19.7. The molecule has 1 aromatic carbocycles. The molecule has 5 rings (SSSR count). The van der Waals surface area contributed by atoms with Crippen molar-refractivity contribution in [3.05, 3.63) is 52.9 Å². The summed E-state index contributed by atoms with van der Waals surface area (Å²) in [7, 11) is 2.06. The Bertz CT molecular complexity index is 1230. The van der Waals surface area contributed by atoms with Crippen LogP contribution in [0, 0.1) is 5.82 Å². The molecule has 2 aliphatic heterocycles. The lowest BCUT2D eigenvalue weighted by atomic mass is 10.1. The topological polar surface area (TPSA) is 82.8 Å². The SMILES string of the molecule is CN1CCN(c2ccc(-c3cnc4ccc(C=C5SC(=O)NC5=O)nn34)cc2F)CC1. The Labute approximate surface area is 181 Å². The molecule has 0 aliphatic carbocycles. The van der Waals surface area contributed by atoms with E-state index in [2.05, 4.69) is 32.2 Å². The zero-order valence-corrected chi connectivity index (χ0v) is 17.5. The lowest BCUT2D eigenvalue weighted by Crippen LogP contribution is -2.44. The van der Waals surface area contributed by atoms with Crippen molar-refractivity contribution < 1.29 is 14.0 Å². The fourth-order valence-electron chi connectivity index (χ4n) is 3.69. The van der Waals surface area contributed by atoms with E-state index in [-0.39, 0.29) is 10.7 Å². The summed E-state index contributed by atoms with van der Waals surface area (Å²) in [5.74, 6) is -0.725. The van der Waals surface area contributed by atoms with Crippen molar-refractivity contribution in [2.75, 3.05) is 38.1 Å². The first-order chi connectivity index (χ1) is 15.0. The molecule has 0 saturated carbocycles. The van der Waals surface area contributed by atoms with Gasteiger partial charge in [0.2, 0.25) is 0 Å². The Morgan fingerprint density at radius 1 is 1.13 bits per heavy atom. The fourth-order valence-corrected chi connectivity index (χ4v) is 4.35. The van der Waals surface area contributed by atoms with Crippen molar-refractivity contribution >= 4 is 40.3 Å². The van der Waals surface area contributed by atoms with Crippen LogP contribution in [0.25, 0.3) is 23.0 Å². The highest BCUT2D eigenvalue weighted by Crippen LogP contribution is 2.28. The second kappa shape index (κ2) is 7.78. The van der Waals surface area contributed by atoms with E-state index in [1.54, 1.807) is 35.0 Å². The first-order valence-corrected chi connectivity index (χ1v) is 10.6. The molecule has 2 aromatic heterocycles. The highest BCUT2D eigenvalue weighted by atomic mass is 32.2. The maximum Gasteiger partial charge on any atom is 0.290 e. The zero-order chi connectivity index (χ0) is 21.5. The summed E-state index contributed by atoms with van der Waals surface area (Å²) in [4.78, 5) is 32.1. The second-order valence-corrected chi connectivity index (χ2v) is 8.50. The molecule has 4 heterocycles. The van der Waals surface area contributed by atoms with Gasteiger partial charge in [0.25, 0.3) is 11.1 Å². The molecule has 158 valence electrons. The minimum Gasteiger partial charge on any atom is -0.367 e. The summed E-state index contributed by atoms with van der Waals surface area (Å²) in [5.41, 5.74) is 2.98. The maximum atomic E-state index is 15.0. The van der Waals surface area contributed by atoms with Gasteiger partial charge < -0.3 is 9.80 Å². The molecule has 2 aliphatic rings. The third-order valence-corrected chi connectivity index (χ3v) is 6.20. The molecular formula is C21H19FN6O2S. The lowest BCUT2D eigenvalue weighted by molar-refractivity contribution is -0.115. The number of rotatable bonds is 3. The minimum absolute atomic E-state index is 0.279. The summed E-state index contributed by atoms with van der Waals surface area (Å²) in [6.45, 7) is 3.38. The van der Waals surface area contributed by atoms with Gasteiger partial charge in [-0.1, -0.05) is 6.07 Å². The average Bonchev–Trinajstić information content (AvgIpc) is 3.31. The molecule has 31 heavy (non-hydrogen) atoms. The number of benzene rings is 1. The Hall–Kier alpha value is -3.24. The van der Waals surface area contributed by atoms with E-state index in [1.807, 2.05) is 6.07 Å². The molecule has 1 N–H and O–H groups in total. The molecule has 0 radical (unpaired) electrons. The largest absolute Gasteiger partial charge is 0.367 e. The number of hydrogen-bond donors (Lipinski definition) is 1. The van der Waals surface area contributed by atoms with Crippen molar-refractivity contribution in [1.82, 2.24) is 24.8 Å². The molecule has 0 atom stereocenters. The van der Waals surface area contributed by atoms with Gasteiger partial charge in [-0.15, -0.1) is 0 Å². The van der Waals surface area contributed by atoms with Gasteiger partial charge in [0.1, 0.15) is 5.82 Å². The number of anilines is 1. The van der Waals surface area contributed by atoms with Crippen molar-refractivity contribution in [2.45, 2.75) is 0 Å². The van der Waals surface area contributed by atoms with Gasteiger partial charge in [-0.25, -0.2) is 13.9 Å². The van der Waals surface area contributed by atoms with Crippen LogP contribution >= 0.6 is 11.8 Å². The number of piperazine rings is 1. The minimum atomic E-state index is -0.440. The van der Waals surface area contributed by atoms with E-state index < -0.39 is 11.1 Å². The maximum absolute atomic E-state index is 15.0. The van der Waals surface area contributed by atoms with Crippen molar-refractivity contribution in [3.63, 3.8) is 0 Å². The molecule has 0 bridgehead atoms. The van der Waals surface area contributed by atoms with Gasteiger partial charge >= 0.3 is 0 Å². The van der Waals surface area contributed by atoms with E-state index >= 15 is 0 Å². The predicted molar refractivity (Wildman–Crippen MR) is 117 cm³/mol. The van der Waals surface area contributed by atoms with Gasteiger partial charge in [0.05, 0.1) is 28.2 Å². The summed E-state index contributed by atoms with van der Waals surface area (Å²) in [5, 5.41) is 6.33. The van der Waals surface area contributed by atoms with E-state index in [1.165, 1.54) is 6.07 Å². The van der Waals surface area contributed by atoms with E-state index in [0.29, 0.717) is 28.3 Å². The Kier molecular flexibility index (Phi) is 4.95. The van der Waals surface area contributed by atoms with Crippen molar-refractivity contribution in [3.8, 4) is 11.3 Å². The number of thioether (sulfide) groups is 1. The number of carbonyl (C=O) groups excluding carboxylic acids is 2. The number of nitrogens with zero attached hydrogens (tertiary/aromatic N) is 5. The quantitative estimate of drug-likeness (QED) is 0.630. The standard InChI is InChI=1S/C21H19FN6O2S/c1-26-6-8-27(9-7-26)16-4-2-13(10-15(16)22)17-12-23-19-5-3-14(25-28(17)19)11-18-20(29)24-21(30)31-18/h2-5,10-12H,6-9H2,1H3,(H,24,29,30). The third-order valence-electron chi connectivity index (χ3n) is 5.39. The van der Waals surface area contributed by atoms with Crippen molar-refractivity contribution in [2.24, 2.45) is 0 Å². The van der Waals surface area contributed by atoms with Crippen LogP contribution in [-0.4, -0.2) is 63.9 Å². The van der Waals surface area contributed by atoms with Crippen LogP contribution in [0.4, 0.5) is 14.9 Å². The number of aromatic nitrogens is 3. The van der Waals surface area contributed by atoms with E-state index in [4.69, 9.17) is 0 Å². The summed E-state index contributed by atoms with van der Waals surface area (Å²) < 4.78 is 16.6. The highest BCUT2D eigenvalue weighted by Gasteiger charge is 2.25. The van der Waals surface area contributed by atoms with Gasteiger partial charge in [-0.3, -0.25) is 14.9 Å². The number of amides is 2. The number of fused-ring (bicyclic) bond motifs is 1. The van der Waals surface area contributed by atoms with Crippen LogP contribution in [0.5, 0.6) is 0 Å². The molecular weight excluding hydrogens is 419 g/mol. The highest BCUT2D eigenvalue weighted by molar-refractivity contribution is 8.18. The number of hydrogen-bond acceptors (Lipinski definition) is 7. The normalized spacial score (nSPS) is 18.9. The molecule has 2 amide bonds. The smallest absolute Gasteiger partial charge is 0.290 e. The zero-order valence-electron chi connectivity index (χ0n) is 16.7. The van der Waals surface area contributed by atoms with Crippen LogP contribution in [0.3, 0.4) is 0 Å². The van der Waals surface area contributed by atoms with Crippen LogP contribution < -0.4 is 10.2 Å². The Morgan fingerprint density at radius 2 is 1.94 bits per heavy atom. The number of carbonyl (C=O) groups is 2. The summed E-state index contributed by atoms with van der Waals surface area (Å²) in [6.07, 6.45) is 3.19. The average molecular weight is 438 g/mol. The molecule has 2 saturated heterocycles. The first-order valence-electron chi connectivity index (χ1n) is 9.81. The van der Waals surface area contributed by atoms with Crippen LogP contribution in [0.15, 0.2) is 41.4 Å². The molecule has 0 unspecified atom stereocenters. The van der Waals surface area contributed by atoms with E-state index in [9.17, 15) is 14.0 Å². The van der Waals surface area contributed by atoms with E-state index in [0.717, 1.165) is 37.9 Å². The van der Waals surface area contributed by atoms with Gasteiger partial charge in [0, 0.05) is 31.7 Å². The Balaban J connectivity index is 1.47. The fraction of sp³-hybridized carbons (Fsp3) is 0.238. The van der Waals surface area contributed by atoms with Gasteiger partial charge in [-0.2, -0.15) is 5.10 Å². The monoisotopic (exact) mass is 438 g/mol. The summed E-state index contributed by atoms with van der Waals surface area (Å²) in [6, 6.07) is 8.64. The Morgan fingerprint density at radius 3 is 2.65 bits per heavy atom. The molecule has 2 fully saturated rings. The number of imidazole rings is 1. The molecule has 8 nitrogen and oxygen atoms in total. The second-order valence-electron chi connectivity index (χ2n) is 7.48. The number of imide groups is 1. The number of halogens is 1. The lowest BCUT2D eigenvalue weighted by Gasteiger charge is -2.34. The van der Waals surface area contributed by atoms with Gasteiger partial charge in [-0.05, 0) is 49.2 Å². The number of nitrogens with one attached hydrogen (secondary N) is 1. The van der Waals surface area contributed by atoms with Crippen molar-refractivity contribution in [1.29, 1.82) is 0 Å². The van der Waals surface area contributed by atoms with Crippen LogP contribution in [-0.2, 0) is 4.79 Å². The predicted octanol–water partition coefficient (Wildman–Crippen LogP) is 2.61. The van der Waals surface area contributed by atoms with Crippen LogP contribution in [0.2, 0.25) is 0 Å². The molecule has 0 spiro atoms. The molecule has 10 heteroatoms. The summed E-state index contributed by atoms with van der Waals surface area (Å²) >= 11 is 0.833.